The van der Waals surface area contributed by atoms with Gasteiger partial charge in [0.2, 0.25) is 5.91 Å². The van der Waals surface area contributed by atoms with Gasteiger partial charge in [0.1, 0.15) is 18.1 Å². The topological polar surface area (TPSA) is 94.5 Å². The summed E-state index contributed by atoms with van der Waals surface area (Å²) in [5.74, 6) is -0.308. The number of nitrogens with zero attached hydrogens (tertiary/aromatic N) is 1. The largest absolute Gasteiger partial charge is 0.495 e. The summed E-state index contributed by atoms with van der Waals surface area (Å²) in [6.07, 6.45) is 2.43. The van der Waals surface area contributed by atoms with Crippen LogP contribution in [0.4, 0.5) is 5.69 Å². The number of methoxy groups -OCH3 is 1. The van der Waals surface area contributed by atoms with Gasteiger partial charge in [-0.05, 0) is 60.5 Å². The van der Waals surface area contributed by atoms with Crippen LogP contribution in [0.2, 0.25) is 5.02 Å². The van der Waals surface area contributed by atoms with Crippen LogP contribution in [0.5, 0.6) is 5.75 Å². The molecule has 1 N–H and O–H groups in total. The highest BCUT2D eigenvalue weighted by Crippen LogP contribution is 2.34. The number of benzene rings is 3. The minimum Gasteiger partial charge on any atom is -0.495 e. The van der Waals surface area contributed by atoms with Gasteiger partial charge in [0.05, 0.1) is 13.3 Å². The molecule has 4 rings (SSSR count). The van der Waals surface area contributed by atoms with Crippen LogP contribution in [0.3, 0.4) is 0 Å². The number of hydrogen-bond acceptors (Lipinski definition) is 5. The van der Waals surface area contributed by atoms with E-state index in [-0.39, 0.29) is 12.2 Å². The zero-order valence-electron chi connectivity index (χ0n) is 20.8. The zero-order chi connectivity index (χ0) is 27.2. The summed E-state index contributed by atoms with van der Waals surface area (Å²) in [5.41, 5.74) is 2.61. The minimum atomic E-state index is -0.926. The molecule has 7 nitrogen and oxygen atoms in total. The quantitative estimate of drug-likeness (QED) is 0.225. The zero-order valence-corrected chi connectivity index (χ0v) is 21.6. The van der Waals surface area contributed by atoms with Gasteiger partial charge < -0.3 is 10.1 Å². The monoisotopic (exact) mass is 528 g/mol. The lowest BCUT2D eigenvalue weighted by Gasteiger charge is -2.22. The molecule has 0 aliphatic heterocycles. The average molecular weight is 529 g/mol. The average Bonchev–Trinajstić information content (AvgIpc) is 2.92. The fourth-order valence-corrected chi connectivity index (χ4v) is 4.39. The van der Waals surface area contributed by atoms with Crippen molar-refractivity contribution in [1.29, 1.82) is 0 Å². The van der Waals surface area contributed by atoms with Gasteiger partial charge in [-0.15, -0.1) is 0 Å². The van der Waals surface area contributed by atoms with Crippen molar-refractivity contribution in [2.75, 3.05) is 12.4 Å². The van der Waals surface area contributed by atoms with Crippen molar-refractivity contribution in [1.82, 2.24) is 4.57 Å². The summed E-state index contributed by atoms with van der Waals surface area (Å²) in [5, 5.41) is 3.24. The molecule has 0 bridgehead atoms. The Hall–Kier alpha value is -4.49. The van der Waals surface area contributed by atoms with Crippen LogP contribution in [0.15, 0.2) is 89.9 Å². The van der Waals surface area contributed by atoms with E-state index in [0.29, 0.717) is 45.0 Å². The summed E-state index contributed by atoms with van der Waals surface area (Å²) in [6, 6.07) is 21.0. The predicted octanol–water partition coefficient (Wildman–Crippen LogP) is 5.61. The Morgan fingerprint density at radius 2 is 1.71 bits per heavy atom. The molecule has 0 radical (unpaired) electrons. The summed E-state index contributed by atoms with van der Waals surface area (Å²) < 4.78 is 6.94. The summed E-state index contributed by atoms with van der Waals surface area (Å²) in [7, 11) is 1.45. The second-order valence-electron chi connectivity index (χ2n) is 8.68. The third-order valence-corrected chi connectivity index (χ3v) is 6.37. The molecule has 0 aliphatic carbocycles. The molecule has 0 saturated heterocycles. The third-order valence-electron chi connectivity index (χ3n) is 6.14. The molecule has 4 aromatic rings. The van der Waals surface area contributed by atoms with E-state index in [0.717, 1.165) is 5.56 Å². The van der Waals surface area contributed by atoms with Crippen LogP contribution < -0.4 is 15.6 Å². The number of Topliss-reactive ketones (excluding diaryl/α,β-unsaturated/α-hetero) is 1. The van der Waals surface area contributed by atoms with Gasteiger partial charge in [0.25, 0.3) is 5.56 Å². The van der Waals surface area contributed by atoms with Crippen LogP contribution in [-0.4, -0.2) is 29.7 Å². The number of pyridine rings is 1. The number of hydrogen-bond donors (Lipinski definition) is 1. The number of amides is 1. The number of carbonyl (C=O) groups excluding carboxylic acids is 3. The molecule has 0 aliphatic rings. The van der Waals surface area contributed by atoms with Crippen molar-refractivity contribution >= 4 is 35.3 Å². The number of carbonyl (C=O) groups is 3. The maximum Gasteiger partial charge on any atom is 0.252 e. The molecular weight excluding hydrogens is 504 g/mol. The van der Waals surface area contributed by atoms with Gasteiger partial charge in [-0.2, -0.15) is 0 Å². The van der Waals surface area contributed by atoms with Crippen molar-refractivity contribution in [3.8, 4) is 16.9 Å². The normalized spacial score (nSPS) is 11.4. The standard InChI is InChI=1S/C30H25ClN2O5/c1-19(35)24-13-10-22(31)15-25(24)26-16-29(36)33(17-28(26)38-2)27(14-20-6-4-3-5-7-20)30(37)32-23-11-8-21(18-34)9-12-23/h3-13,15-18,27H,14H2,1-2H3,(H,32,37). The molecule has 1 unspecified atom stereocenters. The highest BCUT2D eigenvalue weighted by molar-refractivity contribution is 6.31. The molecule has 8 heteroatoms. The molecular formula is C30H25ClN2O5. The van der Waals surface area contributed by atoms with Crippen molar-refractivity contribution < 1.29 is 19.1 Å². The fraction of sp³-hybridized carbons (Fsp3) is 0.133. The van der Waals surface area contributed by atoms with E-state index in [1.165, 1.54) is 30.9 Å². The maximum absolute atomic E-state index is 13.5. The van der Waals surface area contributed by atoms with Crippen LogP contribution in [0.25, 0.3) is 11.1 Å². The van der Waals surface area contributed by atoms with Gasteiger partial charge in [0.15, 0.2) is 5.78 Å². The molecule has 1 atom stereocenters. The number of ether oxygens (including phenoxy) is 1. The number of nitrogens with one attached hydrogen (secondary N) is 1. The Morgan fingerprint density at radius 1 is 1.00 bits per heavy atom. The first-order valence-corrected chi connectivity index (χ1v) is 12.2. The van der Waals surface area contributed by atoms with E-state index in [9.17, 15) is 19.2 Å². The lowest BCUT2D eigenvalue weighted by Crippen LogP contribution is -2.34. The molecule has 1 heterocycles. The van der Waals surface area contributed by atoms with Gasteiger partial charge in [0, 0.05) is 39.9 Å². The summed E-state index contributed by atoms with van der Waals surface area (Å²) in [4.78, 5) is 50.3. The van der Waals surface area contributed by atoms with E-state index in [4.69, 9.17) is 16.3 Å². The highest BCUT2D eigenvalue weighted by Gasteiger charge is 2.25. The van der Waals surface area contributed by atoms with Crippen molar-refractivity contribution in [2.24, 2.45) is 0 Å². The van der Waals surface area contributed by atoms with Gasteiger partial charge in [-0.3, -0.25) is 23.7 Å². The minimum absolute atomic E-state index is 0.190. The number of rotatable bonds is 9. The van der Waals surface area contributed by atoms with E-state index >= 15 is 0 Å². The number of halogens is 1. The lowest BCUT2D eigenvalue weighted by molar-refractivity contribution is -0.119. The Morgan fingerprint density at radius 3 is 2.34 bits per heavy atom. The Labute approximate surface area is 224 Å². The van der Waals surface area contributed by atoms with E-state index in [1.54, 1.807) is 42.5 Å². The smallest absolute Gasteiger partial charge is 0.252 e. The molecule has 1 aromatic heterocycles. The van der Waals surface area contributed by atoms with Gasteiger partial charge in [-0.1, -0.05) is 41.9 Å². The number of ketones is 1. The summed E-state index contributed by atoms with van der Waals surface area (Å²) in [6.45, 7) is 1.43. The first-order valence-electron chi connectivity index (χ1n) is 11.8. The van der Waals surface area contributed by atoms with Crippen LogP contribution in [-0.2, 0) is 11.2 Å². The molecule has 192 valence electrons. The molecule has 0 saturated carbocycles. The number of anilines is 1. The van der Waals surface area contributed by atoms with Crippen LogP contribution >= 0.6 is 11.6 Å². The summed E-state index contributed by atoms with van der Waals surface area (Å²) >= 11 is 6.21. The predicted molar refractivity (Wildman–Crippen MR) is 147 cm³/mol. The molecule has 38 heavy (non-hydrogen) atoms. The molecule has 3 aromatic carbocycles. The second-order valence-corrected chi connectivity index (χ2v) is 9.12. The number of aromatic nitrogens is 1. The van der Waals surface area contributed by atoms with Crippen molar-refractivity contribution in [3.05, 3.63) is 117 Å². The number of aldehydes is 1. The highest BCUT2D eigenvalue weighted by atomic mass is 35.5. The fourth-order valence-electron chi connectivity index (χ4n) is 4.22. The second kappa shape index (κ2) is 11.7. The van der Waals surface area contributed by atoms with E-state index < -0.39 is 17.5 Å². The van der Waals surface area contributed by atoms with E-state index in [1.807, 2.05) is 30.3 Å². The lowest BCUT2D eigenvalue weighted by atomic mass is 9.97. The van der Waals surface area contributed by atoms with Crippen molar-refractivity contribution in [3.63, 3.8) is 0 Å². The first kappa shape index (κ1) is 26.6. The van der Waals surface area contributed by atoms with E-state index in [2.05, 4.69) is 5.32 Å². The van der Waals surface area contributed by atoms with Gasteiger partial charge in [-0.25, -0.2) is 0 Å². The molecule has 1 amide bonds. The molecule has 0 spiro atoms. The first-order chi connectivity index (χ1) is 18.3. The molecule has 0 fully saturated rings. The van der Waals surface area contributed by atoms with Crippen molar-refractivity contribution in [2.45, 2.75) is 19.4 Å². The van der Waals surface area contributed by atoms with Crippen LogP contribution in [0, 0.1) is 0 Å². The Bertz CT molecular complexity index is 1550. The maximum atomic E-state index is 13.5. The SMILES string of the molecule is COc1cn(C(Cc2ccccc2)C(=O)Nc2ccc(C=O)cc2)c(=O)cc1-c1cc(Cl)ccc1C(C)=O. The Balaban J connectivity index is 1.80. The third kappa shape index (κ3) is 5.90. The van der Waals surface area contributed by atoms with Gasteiger partial charge >= 0.3 is 0 Å². The van der Waals surface area contributed by atoms with Crippen LogP contribution in [0.1, 0.15) is 39.2 Å². The Kier molecular flexibility index (Phi) is 8.19.